The molecule has 4 nitrogen and oxygen atoms in total. The number of rotatable bonds is 7. The summed E-state index contributed by atoms with van der Waals surface area (Å²) in [5.74, 6) is 1.67. The molecule has 0 N–H and O–H groups in total. The molecule has 7 heteroatoms. The normalized spacial score (nSPS) is 14.6. The third-order valence-electron chi connectivity index (χ3n) is 5.58. The second-order valence-corrected chi connectivity index (χ2v) is 10.7. The largest absolute Gasteiger partial charge is 0.345 e. The minimum absolute atomic E-state index is 0.266. The Morgan fingerprint density at radius 1 is 1.13 bits per heavy atom. The fourth-order valence-corrected chi connectivity index (χ4v) is 5.84. The summed E-state index contributed by atoms with van der Waals surface area (Å²) in [7, 11) is 0. The molecule has 31 heavy (non-hydrogen) atoms. The summed E-state index contributed by atoms with van der Waals surface area (Å²) in [5, 5.41) is 1.83. The molecule has 1 aliphatic heterocycles. The highest BCUT2D eigenvalue weighted by Crippen LogP contribution is 2.33. The number of piperazine rings is 1. The predicted octanol–water partition coefficient (Wildman–Crippen LogP) is 6.29. The zero-order chi connectivity index (χ0) is 21.8. The number of benzene rings is 2. The van der Waals surface area contributed by atoms with Gasteiger partial charge in [-0.25, -0.2) is 4.98 Å². The van der Waals surface area contributed by atoms with E-state index in [-0.39, 0.29) is 5.91 Å². The van der Waals surface area contributed by atoms with Crippen LogP contribution in [0, 0.1) is 0 Å². The van der Waals surface area contributed by atoms with E-state index in [0.717, 1.165) is 54.0 Å². The van der Waals surface area contributed by atoms with Crippen molar-refractivity contribution < 1.29 is 4.79 Å². The van der Waals surface area contributed by atoms with Crippen molar-refractivity contribution in [1.82, 2.24) is 9.88 Å². The highest BCUT2D eigenvalue weighted by molar-refractivity contribution is 7.99. The van der Waals surface area contributed by atoms with Crippen LogP contribution in [0.3, 0.4) is 0 Å². The Hall–Kier alpha value is -1.76. The number of hydrogen-bond acceptors (Lipinski definition) is 5. The van der Waals surface area contributed by atoms with E-state index in [2.05, 4.69) is 36.9 Å². The number of hydrogen-bond donors (Lipinski definition) is 0. The molecule has 1 aliphatic rings. The van der Waals surface area contributed by atoms with Gasteiger partial charge in [-0.2, -0.15) is 0 Å². The molecule has 1 amide bonds. The van der Waals surface area contributed by atoms with E-state index >= 15 is 0 Å². The topological polar surface area (TPSA) is 36.4 Å². The van der Waals surface area contributed by atoms with Gasteiger partial charge in [0.2, 0.25) is 5.91 Å². The summed E-state index contributed by atoms with van der Waals surface area (Å²) >= 11 is 9.46. The summed E-state index contributed by atoms with van der Waals surface area (Å²) in [6.45, 7) is 7.68. The van der Waals surface area contributed by atoms with Crippen LogP contribution in [-0.2, 0) is 4.79 Å². The highest BCUT2D eigenvalue weighted by Gasteiger charge is 2.23. The van der Waals surface area contributed by atoms with Crippen LogP contribution in [0.15, 0.2) is 47.4 Å². The average molecular weight is 474 g/mol. The average Bonchev–Trinajstić information content (AvgIpc) is 3.22. The lowest BCUT2D eigenvalue weighted by atomic mass is 10.0. The number of aromatic nitrogens is 1. The molecule has 0 spiro atoms. The molecule has 164 valence electrons. The lowest BCUT2D eigenvalue weighted by Gasteiger charge is -2.34. The first kappa shape index (κ1) is 22.4. The van der Waals surface area contributed by atoms with Crippen LogP contribution in [0.4, 0.5) is 5.13 Å². The molecule has 1 saturated heterocycles. The summed E-state index contributed by atoms with van der Waals surface area (Å²) in [6.07, 6.45) is 1.50. The number of anilines is 1. The molecular weight excluding hydrogens is 446 g/mol. The Balaban J connectivity index is 1.25. The summed E-state index contributed by atoms with van der Waals surface area (Å²) in [6, 6.07) is 14.3. The monoisotopic (exact) mass is 473 g/mol. The minimum atomic E-state index is 0.266. The van der Waals surface area contributed by atoms with Crippen LogP contribution in [0.5, 0.6) is 0 Å². The van der Waals surface area contributed by atoms with Gasteiger partial charge < -0.3 is 9.80 Å². The van der Waals surface area contributed by atoms with Gasteiger partial charge in [-0.05, 0) is 54.0 Å². The number of para-hydroxylation sites is 1. The maximum absolute atomic E-state index is 12.6. The molecule has 2 aromatic carbocycles. The lowest BCUT2D eigenvalue weighted by molar-refractivity contribution is -0.131. The van der Waals surface area contributed by atoms with Crippen LogP contribution < -0.4 is 4.90 Å². The second-order valence-electron chi connectivity index (χ2n) is 8.12. The van der Waals surface area contributed by atoms with Crippen molar-refractivity contribution in [3.63, 3.8) is 0 Å². The number of halogens is 1. The molecule has 0 unspecified atom stereocenters. The van der Waals surface area contributed by atoms with E-state index < -0.39 is 0 Å². The van der Waals surface area contributed by atoms with Crippen molar-refractivity contribution in [2.45, 2.75) is 37.5 Å². The summed E-state index contributed by atoms with van der Waals surface area (Å²) in [4.78, 5) is 23.1. The Morgan fingerprint density at radius 2 is 1.87 bits per heavy atom. The number of fused-ring (bicyclic) bond motifs is 1. The zero-order valence-electron chi connectivity index (χ0n) is 18.0. The van der Waals surface area contributed by atoms with Crippen molar-refractivity contribution in [2.75, 3.05) is 36.8 Å². The van der Waals surface area contributed by atoms with Crippen molar-refractivity contribution in [3.05, 3.63) is 53.1 Å². The van der Waals surface area contributed by atoms with Gasteiger partial charge in [-0.15, -0.1) is 11.8 Å². The van der Waals surface area contributed by atoms with E-state index in [1.165, 1.54) is 15.2 Å². The van der Waals surface area contributed by atoms with Crippen LogP contribution in [0.25, 0.3) is 10.2 Å². The molecule has 4 rings (SSSR count). The Labute approximate surface area is 197 Å². The molecule has 1 fully saturated rings. The number of nitrogens with zero attached hydrogens (tertiary/aromatic N) is 3. The Bertz CT molecular complexity index is 1030. The van der Waals surface area contributed by atoms with Gasteiger partial charge in [0.15, 0.2) is 5.13 Å². The Morgan fingerprint density at radius 3 is 2.58 bits per heavy atom. The van der Waals surface area contributed by atoms with E-state index in [4.69, 9.17) is 16.6 Å². The van der Waals surface area contributed by atoms with Crippen molar-refractivity contribution in [2.24, 2.45) is 0 Å². The van der Waals surface area contributed by atoms with Gasteiger partial charge in [0, 0.05) is 42.5 Å². The quantitative estimate of drug-likeness (QED) is 0.298. The zero-order valence-corrected chi connectivity index (χ0v) is 20.4. The van der Waals surface area contributed by atoms with Crippen LogP contribution in [0.2, 0.25) is 5.02 Å². The van der Waals surface area contributed by atoms with Crippen LogP contribution in [0.1, 0.15) is 38.2 Å². The van der Waals surface area contributed by atoms with Crippen molar-refractivity contribution >= 4 is 56.0 Å². The summed E-state index contributed by atoms with van der Waals surface area (Å²) < 4.78 is 1.25. The number of thiazole rings is 1. The van der Waals surface area contributed by atoms with Crippen molar-refractivity contribution in [3.8, 4) is 0 Å². The smallest absolute Gasteiger partial charge is 0.222 e. The van der Waals surface area contributed by atoms with E-state index in [0.29, 0.717) is 12.3 Å². The van der Waals surface area contributed by atoms with E-state index in [1.807, 2.05) is 29.2 Å². The molecule has 2 heterocycles. The third kappa shape index (κ3) is 5.54. The molecule has 0 saturated carbocycles. The molecule has 0 bridgehead atoms. The molecule has 0 radical (unpaired) electrons. The fourth-order valence-electron chi connectivity index (χ4n) is 3.81. The maximum atomic E-state index is 12.6. The lowest BCUT2D eigenvalue weighted by Crippen LogP contribution is -2.48. The van der Waals surface area contributed by atoms with Gasteiger partial charge in [-0.3, -0.25) is 4.79 Å². The third-order valence-corrected chi connectivity index (χ3v) is 8.01. The fraction of sp³-hybridized carbons (Fsp3) is 0.417. The van der Waals surface area contributed by atoms with E-state index in [1.54, 1.807) is 23.1 Å². The molecule has 3 aromatic rings. The number of carbonyl (C=O) groups excluding carboxylic acids is 1. The predicted molar refractivity (Wildman–Crippen MR) is 134 cm³/mol. The van der Waals surface area contributed by atoms with Gasteiger partial charge in [-0.1, -0.05) is 48.9 Å². The summed E-state index contributed by atoms with van der Waals surface area (Å²) in [5.41, 5.74) is 2.44. The molecular formula is C24H28ClN3OS2. The van der Waals surface area contributed by atoms with Crippen LogP contribution in [-0.4, -0.2) is 47.7 Å². The first-order valence-corrected chi connectivity index (χ1v) is 13.0. The second kappa shape index (κ2) is 10.2. The van der Waals surface area contributed by atoms with Gasteiger partial charge in [0.1, 0.15) is 0 Å². The van der Waals surface area contributed by atoms with Gasteiger partial charge in [0.05, 0.1) is 10.2 Å². The molecule has 0 aliphatic carbocycles. The number of thioether (sulfide) groups is 1. The highest BCUT2D eigenvalue weighted by atomic mass is 35.5. The van der Waals surface area contributed by atoms with E-state index in [9.17, 15) is 4.79 Å². The number of carbonyl (C=O) groups is 1. The van der Waals surface area contributed by atoms with Gasteiger partial charge >= 0.3 is 0 Å². The number of amides is 1. The Kier molecular flexibility index (Phi) is 7.41. The standard InChI is InChI=1S/C24H28ClN3OS2/c1-17(2)20-5-3-6-21-23(20)26-24(31-21)28-14-12-27(13-15-28)22(29)7-4-16-30-19-10-8-18(25)9-11-19/h3,5-6,8-11,17H,4,7,12-16H2,1-2H3. The SMILES string of the molecule is CC(C)c1cccc2sc(N3CCN(C(=O)CCCSc4ccc(Cl)cc4)CC3)nc12. The van der Waals surface area contributed by atoms with Crippen molar-refractivity contribution in [1.29, 1.82) is 0 Å². The first-order chi connectivity index (χ1) is 15.0. The molecule has 1 aromatic heterocycles. The van der Waals surface area contributed by atoms with Gasteiger partial charge in [0.25, 0.3) is 0 Å². The van der Waals surface area contributed by atoms with Crippen LogP contribution >= 0.6 is 34.7 Å². The molecule has 0 atom stereocenters. The minimum Gasteiger partial charge on any atom is -0.345 e. The first-order valence-electron chi connectivity index (χ1n) is 10.8. The maximum Gasteiger partial charge on any atom is 0.222 e.